The van der Waals surface area contributed by atoms with E-state index < -0.39 is 0 Å². The van der Waals surface area contributed by atoms with Crippen LogP contribution in [-0.2, 0) is 16.1 Å². The smallest absolute Gasteiger partial charge is 0.222 e. The van der Waals surface area contributed by atoms with Gasteiger partial charge in [0.05, 0.1) is 6.54 Å². The number of nitrogens with zero attached hydrogens (tertiary/aromatic N) is 1. The second-order valence-corrected chi connectivity index (χ2v) is 9.70. The predicted molar refractivity (Wildman–Crippen MR) is 123 cm³/mol. The number of aromatic amines is 1. The fourth-order valence-electron chi connectivity index (χ4n) is 3.95. The maximum absolute atomic E-state index is 12.6. The lowest BCUT2D eigenvalue weighted by Gasteiger charge is -2.24. The molecule has 156 valence electrons. The Kier molecular flexibility index (Phi) is 6.42. The summed E-state index contributed by atoms with van der Waals surface area (Å²) in [6.45, 7) is 0.516. The van der Waals surface area contributed by atoms with E-state index in [0.29, 0.717) is 29.4 Å². The third-order valence-corrected chi connectivity index (χ3v) is 6.92. The molecule has 4 nitrogen and oxygen atoms in total. The third kappa shape index (κ3) is 4.85. The van der Waals surface area contributed by atoms with Crippen molar-refractivity contribution in [2.45, 2.75) is 43.0 Å². The van der Waals surface area contributed by atoms with Gasteiger partial charge in [-0.15, -0.1) is 0 Å². The van der Waals surface area contributed by atoms with Crippen molar-refractivity contribution in [2.75, 3.05) is 7.05 Å². The Morgan fingerprint density at radius 3 is 2.77 bits per heavy atom. The van der Waals surface area contributed by atoms with E-state index in [9.17, 15) is 9.59 Å². The molecule has 1 amide bonds. The highest BCUT2D eigenvalue weighted by atomic mass is 35.5. The Bertz CT molecular complexity index is 1110. The van der Waals surface area contributed by atoms with E-state index in [-0.39, 0.29) is 16.9 Å². The van der Waals surface area contributed by atoms with Gasteiger partial charge < -0.3 is 9.88 Å². The fraction of sp³-hybridized carbons (Fsp3) is 0.304. The summed E-state index contributed by atoms with van der Waals surface area (Å²) in [7, 11) is 1.82. The Labute approximate surface area is 189 Å². The van der Waals surface area contributed by atoms with Gasteiger partial charge in [-0.1, -0.05) is 35.0 Å². The third-order valence-electron chi connectivity index (χ3n) is 5.46. The number of rotatable bonds is 6. The Hall–Kier alpha value is -1.95. The number of hydrogen-bond donors (Lipinski definition) is 1. The van der Waals surface area contributed by atoms with E-state index in [0.717, 1.165) is 39.9 Å². The number of amides is 1. The van der Waals surface area contributed by atoms with Gasteiger partial charge in [-0.2, -0.15) is 0 Å². The molecule has 2 aromatic carbocycles. The number of fused-ring (bicyclic) bond motifs is 2. The van der Waals surface area contributed by atoms with Crippen molar-refractivity contribution in [3.8, 4) is 0 Å². The van der Waals surface area contributed by atoms with Crippen molar-refractivity contribution in [1.29, 1.82) is 0 Å². The molecular formula is C23H22Cl2N2O2S. The molecular weight excluding hydrogens is 439 g/mol. The molecule has 0 bridgehead atoms. The highest BCUT2D eigenvalue weighted by molar-refractivity contribution is 8.13. The van der Waals surface area contributed by atoms with Crippen molar-refractivity contribution in [3.63, 3.8) is 0 Å². The van der Waals surface area contributed by atoms with Crippen LogP contribution in [-0.4, -0.2) is 28.0 Å². The maximum atomic E-state index is 12.6. The summed E-state index contributed by atoms with van der Waals surface area (Å²) >= 11 is 13.5. The lowest BCUT2D eigenvalue weighted by atomic mass is 9.90. The number of hydrogen-bond acceptors (Lipinski definition) is 3. The Morgan fingerprint density at radius 1 is 1.17 bits per heavy atom. The summed E-state index contributed by atoms with van der Waals surface area (Å²) in [5.41, 5.74) is 3.11. The standard InChI is InChI=1S/C23H22Cl2N2O2S/c1-27(13-18-10-15-9-16(24)5-7-20(15)26-18)22(28)4-2-3-14-11-23(29)30-21-8-6-17(25)12-19(14)21/h5-10,12,14,26H,2-4,11,13H2,1H3. The van der Waals surface area contributed by atoms with Gasteiger partial charge in [-0.3, -0.25) is 9.59 Å². The molecule has 1 aliphatic heterocycles. The van der Waals surface area contributed by atoms with Crippen LogP contribution in [0, 0.1) is 0 Å². The van der Waals surface area contributed by atoms with Gasteiger partial charge in [-0.25, -0.2) is 0 Å². The van der Waals surface area contributed by atoms with Crippen LogP contribution in [0.25, 0.3) is 10.9 Å². The molecule has 1 aliphatic rings. The monoisotopic (exact) mass is 460 g/mol. The molecule has 0 saturated carbocycles. The van der Waals surface area contributed by atoms with E-state index in [1.165, 1.54) is 11.8 Å². The molecule has 1 unspecified atom stereocenters. The van der Waals surface area contributed by atoms with Crippen LogP contribution in [0.2, 0.25) is 10.0 Å². The lowest BCUT2D eigenvalue weighted by molar-refractivity contribution is -0.130. The summed E-state index contributed by atoms with van der Waals surface area (Å²) in [6.07, 6.45) is 2.49. The first-order chi connectivity index (χ1) is 14.4. The van der Waals surface area contributed by atoms with Crippen LogP contribution in [0.3, 0.4) is 0 Å². The molecule has 1 N–H and O–H groups in total. The zero-order valence-electron chi connectivity index (χ0n) is 16.6. The second kappa shape index (κ2) is 9.04. The number of carbonyl (C=O) groups excluding carboxylic acids is 2. The van der Waals surface area contributed by atoms with Gasteiger partial charge in [0.1, 0.15) is 0 Å². The number of benzene rings is 2. The predicted octanol–water partition coefficient (Wildman–Crippen LogP) is 6.41. The number of halogens is 2. The average Bonchev–Trinajstić information content (AvgIpc) is 3.09. The zero-order valence-corrected chi connectivity index (χ0v) is 18.9. The summed E-state index contributed by atoms with van der Waals surface area (Å²) in [6, 6.07) is 13.4. The number of thioether (sulfide) groups is 1. The molecule has 0 fully saturated rings. The molecule has 30 heavy (non-hydrogen) atoms. The lowest BCUT2D eigenvalue weighted by Crippen LogP contribution is -2.26. The fourth-order valence-corrected chi connectivity index (χ4v) is 5.32. The van der Waals surface area contributed by atoms with Crippen LogP contribution < -0.4 is 0 Å². The van der Waals surface area contributed by atoms with Crippen molar-refractivity contribution in [1.82, 2.24) is 9.88 Å². The minimum Gasteiger partial charge on any atom is -0.357 e. The topological polar surface area (TPSA) is 53.2 Å². The molecule has 4 rings (SSSR count). The maximum Gasteiger partial charge on any atom is 0.222 e. The minimum absolute atomic E-state index is 0.0921. The zero-order chi connectivity index (χ0) is 21.3. The van der Waals surface area contributed by atoms with Crippen LogP contribution in [0.4, 0.5) is 0 Å². The van der Waals surface area contributed by atoms with Crippen molar-refractivity contribution in [2.24, 2.45) is 0 Å². The number of carbonyl (C=O) groups is 2. The van der Waals surface area contributed by atoms with Crippen LogP contribution >= 0.6 is 35.0 Å². The molecule has 1 aromatic heterocycles. The second-order valence-electron chi connectivity index (χ2n) is 7.73. The molecule has 0 radical (unpaired) electrons. The van der Waals surface area contributed by atoms with Gasteiger partial charge in [-0.05, 0) is 66.8 Å². The van der Waals surface area contributed by atoms with E-state index in [4.69, 9.17) is 23.2 Å². The van der Waals surface area contributed by atoms with Crippen molar-refractivity contribution < 1.29 is 9.59 Å². The molecule has 0 spiro atoms. The van der Waals surface area contributed by atoms with Gasteiger partial charge in [0.15, 0.2) is 5.12 Å². The Balaban J connectivity index is 1.33. The normalized spacial score (nSPS) is 16.0. The van der Waals surface area contributed by atoms with Crippen molar-refractivity contribution in [3.05, 3.63) is 63.8 Å². The van der Waals surface area contributed by atoms with E-state index >= 15 is 0 Å². The first-order valence-electron chi connectivity index (χ1n) is 9.90. The van der Waals surface area contributed by atoms with E-state index in [1.807, 2.05) is 49.5 Å². The Morgan fingerprint density at radius 2 is 1.93 bits per heavy atom. The van der Waals surface area contributed by atoms with Gasteiger partial charge >= 0.3 is 0 Å². The molecule has 2 heterocycles. The number of H-pyrrole nitrogens is 1. The molecule has 0 saturated heterocycles. The SMILES string of the molecule is CN(Cc1cc2cc(Cl)ccc2[nH]1)C(=O)CCCC1CC(=O)Sc2ccc(Cl)cc21. The first-order valence-corrected chi connectivity index (χ1v) is 11.5. The molecule has 7 heteroatoms. The minimum atomic E-state index is 0.0921. The highest BCUT2D eigenvalue weighted by Crippen LogP contribution is 2.42. The summed E-state index contributed by atoms with van der Waals surface area (Å²) in [5, 5.41) is 2.59. The number of aromatic nitrogens is 1. The van der Waals surface area contributed by atoms with Crippen LogP contribution in [0.15, 0.2) is 47.4 Å². The van der Waals surface area contributed by atoms with Gasteiger partial charge in [0, 0.05) is 51.4 Å². The summed E-state index contributed by atoms with van der Waals surface area (Å²) in [5.74, 6) is 0.221. The summed E-state index contributed by atoms with van der Waals surface area (Å²) < 4.78 is 0. The molecule has 3 aromatic rings. The first kappa shape index (κ1) is 21.3. The average molecular weight is 461 g/mol. The van der Waals surface area contributed by atoms with Crippen LogP contribution in [0.1, 0.15) is 42.9 Å². The molecule has 1 atom stereocenters. The summed E-state index contributed by atoms with van der Waals surface area (Å²) in [4.78, 5) is 30.7. The highest BCUT2D eigenvalue weighted by Gasteiger charge is 2.26. The van der Waals surface area contributed by atoms with E-state index in [2.05, 4.69) is 4.98 Å². The quantitative estimate of drug-likeness (QED) is 0.462. The van der Waals surface area contributed by atoms with Crippen molar-refractivity contribution >= 4 is 56.9 Å². The van der Waals surface area contributed by atoms with Gasteiger partial charge in [0.25, 0.3) is 0 Å². The van der Waals surface area contributed by atoms with E-state index in [1.54, 1.807) is 4.90 Å². The number of nitrogens with one attached hydrogen (secondary N) is 1. The largest absolute Gasteiger partial charge is 0.357 e. The van der Waals surface area contributed by atoms with Crippen LogP contribution in [0.5, 0.6) is 0 Å². The van der Waals surface area contributed by atoms with Gasteiger partial charge in [0.2, 0.25) is 5.91 Å². The molecule has 0 aliphatic carbocycles.